The van der Waals surface area contributed by atoms with E-state index in [4.69, 9.17) is 10.4 Å². The Hall–Kier alpha value is -1.39. The fourth-order valence-electron chi connectivity index (χ4n) is 1.23. The molecule has 82 valence electrons. The van der Waals surface area contributed by atoms with E-state index in [-0.39, 0.29) is 16.5 Å². The van der Waals surface area contributed by atoms with E-state index in [1.54, 1.807) is 6.07 Å². The predicted molar refractivity (Wildman–Crippen MR) is 53.2 cm³/mol. The van der Waals surface area contributed by atoms with Gasteiger partial charge in [-0.15, -0.1) is 0 Å². The molecule has 0 unspecified atom stereocenters. The highest BCUT2D eigenvalue weighted by Crippen LogP contribution is 2.14. The van der Waals surface area contributed by atoms with Crippen molar-refractivity contribution in [2.75, 3.05) is 0 Å². The van der Waals surface area contributed by atoms with Crippen LogP contribution >= 0.6 is 0 Å². The summed E-state index contributed by atoms with van der Waals surface area (Å²) in [6.07, 6.45) is 1.21. The molecule has 0 aromatic carbocycles. The molecule has 1 aromatic heterocycles. The monoisotopic (exact) mass is 228 g/mol. The van der Waals surface area contributed by atoms with Crippen molar-refractivity contribution in [1.29, 1.82) is 5.26 Å². The van der Waals surface area contributed by atoms with Crippen LogP contribution in [0.15, 0.2) is 11.2 Å². The van der Waals surface area contributed by atoms with Gasteiger partial charge in [-0.05, 0) is 5.92 Å². The molecule has 0 atom stereocenters. The Kier molecular flexibility index (Phi) is 3.12. The molecular weight excluding hydrogens is 216 g/mol. The third kappa shape index (κ3) is 2.55. The largest absolute Gasteiger partial charge is 0.256 e. The van der Waals surface area contributed by atoms with Gasteiger partial charge in [0, 0.05) is 6.54 Å². The zero-order valence-electron chi connectivity index (χ0n) is 8.51. The Morgan fingerprint density at radius 3 is 2.67 bits per heavy atom. The molecular formula is C8H12N4O2S. The number of sulfonamides is 1. The van der Waals surface area contributed by atoms with Gasteiger partial charge in [-0.25, -0.2) is 13.6 Å². The first-order valence-corrected chi connectivity index (χ1v) is 5.89. The molecule has 6 nitrogen and oxygen atoms in total. The van der Waals surface area contributed by atoms with Crippen LogP contribution in [0.1, 0.15) is 19.4 Å². The second-order valence-electron chi connectivity index (χ2n) is 3.60. The minimum absolute atomic E-state index is 0.0156. The van der Waals surface area contributed by atoms with Crippen molar-refractivity contribution in [2.45, 2.75) is 25.4 Å². The van der Waals surface area contributed by atoms with Crippen molar-refractivity contribution in [3.8, 4) is 6.07 Å². The van der Waals surface area contributed by atoms with Gasteiger partial charge in [0.15, 0.2) is 5.03 Å². The number of nitriles is 1. The number of hydrogen-bond acceptors (Lipinski definition) is 4. The quantitative estimate of drug-likeness (QED) is 0.790. The molecule has 0 aliphatic rings. The van der Waals surface area contributed by atoms with Gasteiger partial charge in [-0.3, -0.25) is 4.68 Å². The summed E-state index contributed by atoms with van der Waals surface area (Å²) in [5.41, 5.74) is -0.0156. The molecule has 0 saturated heterocycles. The summed E-state index contributed by atoms with van der Waals surface area (Å²) in [6.45, 7) is 4.24. The van der Waals surface area contributed by atoms with E-state index in [2.05, 4.69) is 5.10 Å². The van der Waals surface area contributed by atoms with E-state index in [9.17, 15) is 8.42 Å². The Labute approximate surface area is 88.4 Å². The topological polar surface area (TPSA) is 102 Å². The summed E-state index contributed by atoms with van der Waals surface area (Å²) in [6, 6.07) is 1.75. The van der Waals surface area contributed by atoms with E-state index in [1.807, 2.05) is 13.8 Å². The Bertz CT molecular complexity index is 495. The average Bonchev–Trinajstić information content (AvgIpc) is 2.45. The van der Waals surface area contributed by atoms with Crippen molar-refractivity contribution in [2.24, 2.45) is 11.1 Å². The van der Waals surface area contributed by atoms with E-state index < -0.39 is 10.0 Å². The van der Waals surface area contributed by atoms with Crippen molar-refractivity contribution < 1.29 is 8.42 Å². The fourth-order valence-corrected chi connectivity index (χ4v) is 2.05. The van der Waals surface area contributed by atoms with E-state index in [1.165, 1.54) is 10.9 Å². The maximum Gasteiger partial charge on any atom is 0.256 e. The Balaban J connectivity index is 3.32. The first-order chi connectivity index (χ1) is 6.86. The summed E-state index contributed by atoms with van der Waals surface area (Å²) in [5.74, 6) is 0.219. The summed E-state index contributed by atoms with van der Waals surface area (Å²) in [7, 11) is -3.90. The smallest absolute Gasteiger partial charge is 0.252 e. The predicted octanol–water partition coefficient (Wildman–Crippen LogP) is 0.0582. The van der Waals surface area contributed by atoms with Crippen LogP contribution in [-0.4, -0.2) is 18.2 Å². The van der Waals surface area contributed by atoms with Gasteiger partial charge < -0.3 is 0 Å². The van der Waals surface area contributed by atoms with E-state index in [0.29, 0.717) is 6.54 Å². The van der Waals surface area contributed by atoms with Crippen molar-refractivity contribution in [3.05, 3.63) is 11.8 Å². The summed E-state index contributed by atoms with van der Waals surface area (Å²) in [5, 5.41) is 17.3. The molecule has 0 aliphatic heterocycles. The Morgan fingerprint density at radius 2 is 2.27 bits per heavy atom. The third-order valence-corrected chi connectivity index (χ3v) is 2.69. The molecule has 1 aromatic rings. The zero-order valence-corrected chi connectivity index (χ0v) is 9.32. The number of aromatic nitrogens is 2. The van der Waals surface area contributed by atoms with Crippen LogP contribution in [-0.2, 0) is 16.6 Å². The van der Waals surface area contributed by atoms with E-state index >= 15 is 0 Å². The standard InChI is InChI=1S/C8H12N4O2S/c1-6(2)5-12-8(15(10,13)14)7(3-9)4-11-12/h4,6H,5H2,1-2H3,(H2,10,13,14). The van der Waals surface area contributed by atoms with Crippen molar-refractivity contribution in [3.63, 3.8) is 0 Å². The van der Waals surface area contributed by atoms with Gasteiger partial charge in [0.25, 0.3) is 10.0 Å². The van der Waals surface area contributed by atoms with Crippen LogP contribution in [0.25, 0.3) is 0 Å². The maximum atomic E-state index is 11.2. The molecule has 0 radical (unpaired) electrons. The van der Waals surface area contributed by atoms with Gasteiger partial charge in [0.05, 0.1) is 6.20 Å². The lowest BCUT2D eigenvalue weighted by Crippen LogP contribution is -2.20. The van der Waals surface area contributed by atoms with Crippen LogP contribution in [0.3, 0.4) is 0 Å². The highest BCUT2D eigenvalue weighted by molar-refractivity contribution is 7.89. The molecule has 0 amide bonds. The number of rotatable bonds is 3. The van der Waals surface area contributed by atoms with Gasteiger partial charge >= 0.3 is 0 Å². The first kappa shape index (κ1) is 11.7. The Morgan fingerprint density at radius 1 is 1.67 bits per heavy atom. The number of nitrogens with zero attached hydrogens (tertiary/aromatic N) is 3. The molecule has 0 fully saturated rings. The van der Waals surface area contributed by atoms with Crippen LogP contribution < -0.4 is 5.14 Å². The minimum atomic E-state index is -3.90. The molecule has 2 N–H and O–H groups in total. The molecule has 7 heteroatoms. The molecule has 0 saturated carbocycles. The number of primary sulfonamides is 1. The average molecular weight is 228 g/mol. The third-order valence-electron chi connectivity index (χ3n) is 1.72. The van der Waals surface area contributed by atoms with Crippen LogP contribution in [0, 0.1) is 17.2 Å². The molecule has 15 heavy (non-hydrogen) atoms. The molecule has 0 aliphatic carbocycles. The summed E-state index contributed by atoms with van der Waals surface area (Å²) < 4.78 is 23.7. The highest BCUT2D eigenvalue weighted by Gasteiger charge is 2.21. The van der Waals surface area contributed by atoms with Gasteiger partial charge in [0.1, 0.15) is 11.6 Å². The van der Waals surface area contributed by atoms with Crippen LogP contribution in [0.5, 0.6) is 0 Å². The lowest BCUT2D eigenvalue weighted by atomic mass is 10.2. The molecule has 0 bridgehead atoms. The van der Waals surface area contributed by atoms with Crippen LogP contribution in [0.4, 0.5) is 0 Å². The van der Waals surface area contributed by atoms with E-state index in [0.717, 1.165) is 0 Å². The number of hydrogen-bond donors (Lipinski definition) is 1. The van der Waals surface area contributed by atoms with Crippen molar-refractivity contribution >= 4 is 10.0 Å². The lowest BCUT2D eigenvalue weighted by Gasteiger charge is -2.08. The first-order valence-electron chi connectivity index (χ1n) is 4.35. The highest BCUT2D eigenvalue weighted by atomic mass is 32.2. The zero-order chi connectivity index (χ0) is 11.6. The SMILES string of the molecule is CC(C)Cn1ncc(C#N)c1S(N)(=O)=O. The second kappa shape index (κ2) is 4.00. The molecule has 0 spiro atoms. The maximum absolute atomic E-state index is 11.2. The van der Waals surface area contributed by atoms with Crippen molar-refractivity contribution in [1.82, 2.24) is 9.78 Å². The van der Waals surface area contributed by atoms with Crippen LogP contribution in [0.2, 0.25) is 0 Å². The normalized spacial score (nSPS) is 11.7. The number of nitrogens with two attached hydrogens (primary N) is 1. The molecule has 1 rings (SSSR count). The molecule has 1 heterocycles. The second-order valence-corrected chi connectivity index (χ2v) is 5.07. The van der Waals surface area contributed by atoms with Gasteiger partial charge in [0.2, 0.25) is 0 Å². The van der Waals surface area contributed by atoms with Gasteiger partial charge in [-0.2, -0.15) is 10.4 Å². The van der Waals surface area contributed by atoms with Gasteiger partial charge in [-0.1, -0.05) is 13.8 Å². The summed E-state index contributed by atoms with van der Waals surface area (Å²) >= 11 is 0. The lowest BCUT2D eigenvalue weighted by molar-refractivity contribution is 0.448. The fraction of sp³-hybridized carbons (Fsp3) is 0.500. The minimum Gasteiger partial charge on any atom is -0.252 e. The summed E-state index contributed by atoms with van der Waals surface area (Å²) in [4.78, 5) is 0.